The molecule has 1 saturated carbocycles. The zero-order chi connectivity index (χ0) is 46.4. The number of aliphatic hydroxyl groups is 1. The van der Waals surface area contributed by atoms with Crippen LogP contribution in [0.15, 0.2) is 52.8 Å². The van der Waals surface area contributed by atoms with Crippen molar-refractivity contribution in [2.45, 2.75) is 180 Å². The number of ether oxygens (including phenoxy) is 3. The molecule has 2 heterocycles. The van der Waals surface area contributed by atoms with E-state index in [2.05, 4.69) is 12.1 Å². The molecule has 2 amide bonds. The Balaban J connectivity index is 1.43. The summed E-state index contributed by atoms with van der Waals surface area (Å²) in [5, 5.41) is 25.2. The average Bonchev–Trinajstić information content (AvgIpc) is 3.26. The summed E-state index contributed by atoms with van der Waals surface area (Å²) in [5.41, 5.74) is 8.02. The number of carbonyl (C=O) groups is 5. The Morgan fingerprint density at radius 1 is 0.968 bits per heavy atom. The highest BCUT2D eigenvalue weighted by atomic mass is 16.6. The molecule has 0 aromatic heterocycles. The monoisotopic (exact) mass is 884 g/mol. The quantitative estimate of drug-likeness (QED) is 0.0182. The molecule has 8 atom stereocenters. The molecule has 3 aliphatic rings. The van der Waals surface area contributed by atoms with Crippen molar-refractivity contribution in [3.05, 3.63) is 47.6 Å². The number of Topliss-reactive ketones (excluding diaryl/α,β-unsaturated/α-hetero) is 2. The van der Waals surface area contributed by atoms with Gasteiger partial charge in [0, 0.05) is 39.5 Å². The number of likely N-dealkylation sites (tertiary alicyclic amines) is 1. The van der Waals surface area contributed by atoms with Crippen molar-refractivity contribution < 1.29 is 53.2 Å². The Kier molecular flexibility index (Phi) is 23.7. The van der Waals surface area contributed by atoms with E-state index in [4.69, 9.17) is 24.8 Å². The van der Waals surface area contributed by atoms with Crippen molar-refractivity contribution in [3.63, 3.8) is 0 Å². The van der Waals surface area contributed by atoms with Crippen LogP contribution >= 0.6 is 0 Å². The Labute approximate surface area is 375 Å². The fourth-order valence-electron chi connectivity index (χ4n) is 8.90. The minimum absolute atomic E-state index is 0.156. The second kappa shape index (κ2) is 28.0. The summed E-state index contributed by atoms with van der Waals surface area (Å²) in [6.45, 7) is 7.71. The van der Waals surface area contributed by atoms with Gasteiger partial charge in [0.2, 0.25) is 5.79 Å². The minimum atomic E-state index is -2.30. The number of piperidine rings is 1. The summed E-state index contributed by atoms with van der Waals surface area (Å²) in [7, 11) is 3.41. The Morgan fingerprint density at radius 3 is 2.46 bits per heavy atom. The highest BCUT2D eigenvalue weighted by molar-refractivity contribution is 6.39. The van der Waals surface area contributed by atoms with Crippen LogP contribution in [0.1, 0.15) is 150 Å². The van der Waals surface area contributed by atoms with Crippen LogP contribution in [0.5, 0.6) is 0 Å². The van der Waals surface area contributed by atoms with Gasteiger partial charge in [0.05, 0.1) is 17.9 Å². The molecule has 0 radical (unpaired) electrons. The van der Waals surface area contributed by atoms with Crippen molar-refractivity contribution in [2.24, 2.45) is 28.6 Å². The number of carbonyl (C=O) groups excluding carboxylic acids is 4. The molecule has 3 rings (SSSR count). The zero-order valence-corrected chi connectivity index (χ0v) is 38.9. The summed E-state index contributed by atoms with van der Waals surface area (Å²) >= 11 is 0. The third-order valence-electron chi connectivity index (χ3n) is 12.9. The number of carboxylic acids is 1. The summed E-state index contributed by atoms with van der Waals surface area (Å²) in [6.07, 6.45) is 25.6. The van der Waals surface area contributed by atoms with Crippen molar-refractivity contribution in [1.82, 2.24) is 4.90 Å². The first-order chi connectivity index (χ1) is 30.1. The first kappa shape index (κ1) is 53.4. The number of amides is 2. The highest BCUT2D eigenvalue weighted by Gasteiger charge is 2.52. The third-order valence-corrected chi connectivity index (χ3v) is 12.9. The molecule has 2 unspecified atom stereocenters. The normalized spacial score (nSPS) is 26.2. The number of nitrogens with zero attached hydrogens (tertiary/aromatic N) is 2. The molecule has 0 spiro atoms. The number of rotatable bonds is 27. The number of oxime groups is 1. The number of primary amides is 1. The molecule has 0 bridgehead atoms. The topological polar surface area (TPSA) is 204 Å². The summed E-state index contributed by atoms with van der Waals surface area (Å²) in [4.78, 5) is 68.7. The van der Waals surface area contributed by atoms with E-state index in [0.29, 0.717) is 87.9 Å². The maximum absolute atomic E-state index is 13.3. The molecular formula is C49H77N3O11. The van der Waals surface area contributed by atoms with E-state index in [9.17, 15) is 34.2 Å². The maximum atomic E-state index is 13.3. The predicted molar refractivity (Wildman–Crippen MR) is 242 cm³/mol. The molecule has 2 saturated heterocycles. The van der Waals surface area contributed by atoms with Crippen LogP contribution < -0.4 is 5.73 Å². The van der Waals surface area contributed by atoms with Gasteiger partial charge in [-0.25, -0.2) is 4.79 Å². The van der Waals surface area contributed by atoms with Gasteiger partial charge >= 0.3 is 5.97 Å². The van der Waals surface area contributed by atoms with Gasteiger partial charge in [0.25, 0.3) is 17.6 Å². The van der Waals surface area contributed by atoms with Crippen LogP contribution in [-0.2, 0) is 43.0 Å². The second-order valence-electron chi connectivity index (χ2n) is 18.2. The van der Waals surface area contributed by atoms with Gasteiger partial charge in [-0.05, 0) is 122 Å². The van der Waals surface area contributed by atoms with Gasteiger partial charge in [-0.2, -0.15) is 0 Å². The van der Waals surface area contributed by atoms with Crippen LogP contribution in [-0.4, -0.2) is 108 Å². The molecule has 14 heteroatoms. The van der Waals surface area contributed by atoms with Crippen molar-refractivity contribution in [1.29, 1.82) is 0 Å². The molecule has 14 nitrogen and oxygen atoms in total. The number of hydrogen-bond donors (Lipinski definition) is 3. The van der Waals surface area contributed by atoms with E-state index in [1.54, 1.807) is 21.1 Å². The Morgan fingerprint density at radius 2 is 1.75 bits per heavy atom. The summed E-state index contributed by atoms with van der Waals surface area (Å²) < 4.78 is 17.3. The predicted octanol–water partition coefficient (Wildman–Crippen LogP) is 7.71. The van der Waals surface area contributed by atoms with E-state index >= 15 is 0 Å². The van der Waals surface area contributed by atoms with Crippen molar-refractivity contribution in [2.75, 3.05) is 27.4 Å². The van der Waals surface area contributed by atoms with Crippen LogP contribution in [0.2, 0.25) is 0 Å². The van der Waals surface area contributed by atoms with Crippen molar-refractivity contribution in [3.8, 4) is 0 Å². The second-order valence-corrected chi connectivity index (χ2v) is 18.2. The molecule has 354 valence electrons. The lowest BCUT2D eigenvalue weighted by Gasteiger charge is -2.42. The van der Waals surface area contributed by atoms with Gasteiger partial charge in [-0.15, -0.1) is 0 Å². The van der Waals surface area contributed by atoms with E-state index < -0.39 is 53.5 Å². The van der Waals surface area contributed by atoms with Gasteiger partial charge in [0.15, 0.2) is 6.61 Å². The summed E-state index contributed by atoms with van der Waals surface area (Å²) in [6, 6.07) is -1.08. The average molecular weight is 884 g/mol. The number of unbranched alkanes of at least 4 members (excludes halogenated alkanes) is 1. The molecule has 63 heavy (non-hydrogen) atoms. The highest BCUT2D eigenvalue weighted by Crippen LogP contribution is 2.36. The van der Waals surface area contributed by atoms with Gasteiger partial charge in [-0.1, -0.05) is 79.4 Å². The molecule has 1 aliphatic carbocycles. The van der Waals surface area contributed by atoms with E-state index in [1.165, 1.54) is 12.8 Å². The van der Waals surface area contributed by atoms with Gasteiger partial charge < -0.3 is 39.9 Å². The lowest BCUT2D eigenvalue weighted by Crippen LogP contribution is -2.60. The first-order valence-electron chi connectivity index (χ1n) is 23.2. The number of aliphatic carboxylic acids is 1. The number of nitrogens with two attached hydrogens (primary N) is 1. The van der Waals surface area contributed by atoms with Crippen LogP contribution in [0.4, 0.5) is 0 Å². The number of hydrogen-bond acceptors (Lipinski definition) is 11. The van der Waals surface area contributed by atoms with Crippen LogP contribution in [0.25, 0.3) is 0 Å². The fourth-order valence-corrected chi connectivity index (χ4v) is 8.90. The van der Waals surface area contributed by atoms with E-state index in [-0.39, 0.29) is 25.4 Å². The van der Waals surface area contributed by atoms with Crippen LogP contribution in [0, 0.1) is 17.8 Å². The Hall–Kier alpha value is -3.98. The fraction of sp³-hybridized carbons (Fsp3) is 0.714. The smallest absolute Gasteiger partial charge is 0.326 e. The van der Waals surface area contributed by atoms with Gasteiger partial charge in [-0.3, -0.25) is 19.2 Å². The zero-order valence-electron chi connectivity index (χ0n) is 38.9. The van der Waals surface area contributed by atoms with Gasteiger partial charge in [0.1, 0.15) is 17.9 Å². The van der Waals surface area contributed by atoms with Crippen LogP contribution in [0.3, 0.4) is 0 Å². The third kappa shape index (κ3) is 18.6. The SMILES string of the molecule is CO[C@H]1CCCC(C[C@@H](C)CCC(=O)C/C=C(\C)C[C@@H](OC)/C(CCC/C=C/C=C/C=C(\C)CC[C@@H]2CC[C@@H](C)[C@](O)(C(=O)C(=O)N3CCCCC3C(=O)O)O2)=N\OCC(N)=O)C1. The minimum Gasteiger partial charge on any atom is -0.480 e. The largest absolute Gasteiger partial charge is 0.480 e. The number of carboxylic acid groups (broad SMARTS) is 1. The number of methoxy groups -OCH3 is 2. The lowest BCUT2D eigenvalue weighted by molar-refractivity contribution is -0.263. The van der Waals surface area contributed by atoms with E-state index in [0.717, 1.165) is 54.6 Å². The molecular weight excluding hydrogens is 807 g/mol. The molecule has 0 aromatic carbocycles. The van der Waals surface area contributed by atoms with Crippen molar-refractivity contribution >= 4 is 35.1 Å². The number of allylic oxidation sites excluding steroid dienone is 7. The molecule has 3 fully saturated rings. The molecule has 0 aromatic rings. The Bertz CT molecular complexity index is 1650. The molecule has 2 aliphatic heterocycles. The maximum Gasteiger partial charge on any atom is 0.326 e. The number of ketones is 2. The summed E-state index contributed by atoms with van der Waals surface area (Å²) in [5.74, 6) is -5.37. The molecule has 4 N–H and O–H groups in total. The van der Waals surface area contributed by atoms with E-state index in [1.807, 2.05) is 50.3 Å². The standard InChI is InChI=1S/C49H77N3O11/c1-34(23-27-40-28-24-37(4)49(59,63-40)46(55)47(56)52-29-14-13-20-43(52)48(57)58)16-11-9-7-8-10-12-19-42(51-62-33-45(50)54)44(61-6)31-36(3)22-26-39(53)25-21-35(2)30-38-17-15-18-41(32-38)60-5/h7-9,11,16,22,35,37-38,40-41,43-44,59H,10,12-15,17-21,23-33H2,1-6H3,(H2,50,54)(H,57,58)/b8-7+,11-9+,34-16+,36-22+,51-42-/t35-,37+,38?,40+,41-,43?,44+,49+/m0/s1. The lowest BCUT2D eigenvalue weighted by atomic mass is 9.80. The first-order valence-corrected chi connectivity index (χ1v) is 23.2.